The average Bonchev–Trinajstić information content (AvgIpc) is 3.13. The maximum absolute atomic E-state index is 13.6. The van der Waals surface area contributed by atoms with Gasteiger partial charge in [0.15, 0.2) is 0 Å². The topological polar surface area (TPSA) is 59.0 Å². The van der Waals surface area contributed by atoms with Crippen LogP contribution in [0.25, 0.3) is 0 Å². The van der Waals surface area contributed by atoms with Crippen LogP contribution in [0.5, 0.6) is 0 Å². The fraction of sp³-hybridized carbons (Fsp3) is 0.633. The third-order valence-electron chi connectivity index (χ3n) is 10.4. The maximum atomic E-state index is 13.6. The number of aliphatic hydroxyl groups is 1. The van der Waals surface area contributed by atoms with Gasteiger partial charge in [-0.2, -0.15) is 0 Å². The van der Waals surface area contributed by atoms with Crippen molar-refractivity contribution in [3.05, 3.63) is 48.0 Å². The Kier molecular flexibility index (Phi) is 5.54. The minimum Gasteiger partial charge on any atom is -0.445 e. The van der Waals surface area contributed by atoms with Crippen molar-refractivity contribution >= 4 is 6.09 Å². The van der Waals surface area contributed by atoms with Gasteiger partial charge < -0.3 is 19.5 Å². The number of allylic oxidation sites excluding steroid dienone is 1. The summed E-state index contributed by atoms with van der Waals surface area (Å²) in [6, 6.07) is 10.0. The van der Waals surface area contributed by atoms with Crippen LogP contribution in [0.3, 0.4) is 0 Å². The summed E-state index contributed by atoms with van der Waals surface area (Å²) >= 11 is 0. The number of amides is 1. The van der Waals surface area contributed by atoms with E-state index in [1.165, 1.54) is 0 Å². The van der Waals surface area contributed by atoms with Gasteiger partial charge in [-0.3, -0.25) is 0 Å². The maximum Gasteiger partial charge on any atom is 0.410 e. The van der Waals surface area contributed by atoms with Crippen molar-refractivity contribution in [3.63, 3.8) is 0 Å². The van der Waals surface area contributed by atoms with Crippen molar-refractivity contribution in [1.82, 2.24) is 4.90 Å². The van der Waals surface area contributed by atoms with E-state index in [0.717, 1.165) is 44.2 Å². The van der Waals surface area contributed by atoms with Crippen LogP contribution >= 0.6 is 0 Å². The number of carbonyl (C=O) groups excluding carboxylic acids is 1. The lowest BCUT2D eigenvalue weighted by Crippen LogP contribution is -2.59. The van der Waals surface area contributed by atoms with Crippen molar-refractivity contribution in [2.75, 3.05) is 19.8 Å². The zero-order valence-corrected chi connectivity index (χ0v) is 20.7. The van der Waals surface area contributed by atoms with E-state index >= 15 is 0 Å². The van der Waals surface area contributed by atoms with Crippen LogP contribution in [0.15, 0.2) is 42.5 Å². The first-order valence-corrected chi connectivity index (χ1v) is 13.3. The Hall–Kier alpha value is -2.29. The van der Waals surface area contributed by atoms with Gasteiger partial charge in [0.2, 0.25) is 0 Å². The standard InChI is InChI=1S/C30H37NO4/c1-3-13-29-18-23-25-28(2,20-31(23)27(33)35-19-21-9-5-4-6-10-21)14-8-15-30(25)24(29)12-7-11-22(29)26(30)34-17-16-32/h1,4-7,9-11,22-26,32H,8,12-20H2,2H3/t22?,23-,24+,25+,26?,28-,29-,30+/m0/s1. The zero-order valence-electron chi connectivity index (χ0n) is 20.7. The number of terminal acetylenes is 1. The molecule has 0 aromatic heterocycles. The number of carbonyl (C=O) groups is 1. The number of hydrogen-bond acceptors (Lipinski definition) is 4. The van der Waals surface area contributed by atoms with Crippen molar-refractivity contribution in [2.24, 2.45) is 34.0 Å². The first-order chi connectivity index (χ1) is 17.0. The van der Waals surface area contributed by atoms with Gasteiger partial charge in [0, 0.05) is 30.3 Å². The highest BCUT2D eigenvalue weighted by Crippen LogP contribution is 2.78. The summed E-state index contributed by atoms with van der Waals surface area (Å²) in [7, 11) is 0. The predicted molar refractivity (Wildman–Crippen MR) is 133 cm³/mol. The van der Waals surface area contributed by atoms with Gasteiger partial charge in [-0.25, -0.2) is 4.79 Å². The molecule has 5 nitrogen and oxygen atoms in total. The largest absolute Gasteiger partial charge is 0.445 e. The van der Waals surface area contributed by atoms with E-state index in [1.54, 1.807) is 0 Å². The van der Waals surface area contributed by atoms with Crippen molar-refractivity contribution in [3.8, 4) is 12.3 Å². The molecule has 6 rings (SSSR count). The molecule has 1 aromatic rings. The number of rotatable bonds is 6. The molecule has 1 saturated heterocycles. The number of aliphatic hydroxyl groups excluding tert-OH is 1. The van der Waals surface area contributed by atoms with Crippen LogP contribution in [-0.2, 0) is 16.1 Å². The second-order valence-corrected chi connectivity index (χ2v) is 11.9. The molecule has 1 amide bonds. The van der Waals surface area contributed by atoms with Crippen LogP contribution < -0.4 is 0 Å². The summed E-state index contributed by atoms with van der Waals surface area (Å²) in [5, 5.41) is 9.66. The van der Waals surface area contributed by atoms with Gasteiger partial charge in [-0.05, 0) is 53.9 Å². The van der Waals surface area contributed by atoms with E-state index in [-0.39, 0.29) is 47.0 Å². The second-order valence-electron chi connectivity index (χ2n) is 11.9. The molecule has 5 heteroatoms. The summed E-state index contributed by atoms with van der Waals surface area (Å²) in [6.45, 7) is 3.80. The molecule has 2 unspecified atom stereocenters. The molecule has 1 aliphatic heterocycles. The summed E-state index contributed by atoms with van der Waals surface area (Å²) < 4.78 is 12.5. The van der Waals surface area contributed by atoms with Crippen molar-refractivity contribution in [2.45, 2.75) is 64.2 Å². The van der Waals surface area contributed by atoms with E-state index in [4.69, 9.17) is 15.9 Å². The summed E-state index contributed by atoms with van der Waals surface area (Å²) in [6.07, 6.45) is 16.6. The van der Waals surface area contributed by atoms with Gasteiger partial charge in [0.1, 0.15) is 6.61 Å². The number of benzene rings is 1. The van der Waals surface area contributed by atoms with Crippen LogP contribution in [0.2, 0.25) is 0 Å². The van der Waals surface area contributed by atoms with Gasteiger partial charge in [-0.15, -0.1) is 12.3 Å². The Balaban J connectivity index is 1.39. The molecular weight excluding hydrogens is 438 g/mol. The minimum absolute atomic E-state index is 0.0233. The normalized spacial score (nSPS) is 42.4. The first-order valence-electron chi connectivity index (χ1n) is 13.3. The van der Waals surface area contributed by atoms with Crippen LogP contribution in [0.4, 0.5) is 4.79 Å². The smallest absolute Gasteiger partial charge is 0.410 e. The lowest BCUT2D eigenvalue weighted by molar-refractivity contribution is -0.149. The third kappa shape index (κ3) is 3.12. The molecule has 186 valence electrons. The number of hydrogen-bond donors (Lipinski definition) is 1. The Morgan fingerprint density at radius 2 is 2.11 bits per heavy atom. The van der Waals surface area contributed by atoms with Gasteiger partial charge in [0.25, 0.3) is 0 Å². The molecule has 8 atom stereocenters. The first kappa shape index (κ1) is 23.1. The van der Waals surface area contributed by atoms with E-state index in [0.29, 0.717) is 31.5 Å². The highest BCUT2D eigenvalue weighted by Gasteiger charge is 2.78. The molecule has 5 aliphatic rings. The molecular formula is C30H37NO4. The molecule has 1 N–H and O–H groups in total. The van der Waals surface area contributed by atoms with Crippen LogP contribution in [-0.4, -0.2) is 48.0 Å². The highest BCUT2D eigenvalue weighted by atomic mass is 16.6. The Labute approximate surface area is 208 Å². The summed E-state index contributed by atoms with van der Waals surface area (Å²) in [5.41, 5.74) is 0.954. The molecule has 1 heterocycles. The van der Waals surface area contributed by atoms with Gasteiger partial charge >= 0.3 is 6.09 Å². The summed E-state index contributed by atoms with van der Waals surface area (Å²) in [4.78, 5) is 15.6. The van der Waals surface area contributed by atoms with E-state index in [9.17, 15) is 9.90 Å². The number of ether oxygens (including phenoxy) is 2. The Bertz CT molecular complexity index is 1050. The molecule has 35 heavy (non-hydrogen) atoms. The van der Waals surface area contributed by atoms with Crippen LogP contribution in [0.1, 0.15) is 51.0 Å². The lowest BCUT2D eigenvalue weighted by Gasteiger charge is -2.60. The molecule has 1 spiro atoms. The second kappa shape index (κ2) is 8.39. The van der Waals surface area contributed by atoms with Crippen molar-refractivity contribution < 1.29 is 19.4 Å². The molecule has 4 fully saturated rings. The fourth-order valence-corrected chi connectivity index (χ4v) is 9.70. The van der Waals surface area contributed by atoms with Gasteiger partial charge in [0.05, 0.1) is 19.3 Å². The monoisotopic (exact) mass is 475 g/mol. The molecule has 4 aliphatic carbocycles. The molecule has 0 radical (unpaired) electrons. The fourth-order valence-electron chi connectivity index (χ4n) is 9.70. The minimum atomic E-state index is -0.199. The van der Waals surface area contributed by atoms with Gasteiger partial charge in [-0.1, -0.05) is 55.8 Å². The van der Waals surface area contributed by atoms with Crippen molar-refractivity contribution in [1.29, 1.82) is 0 Å². The Morgan fingerprint density at radius 3 is 2.89 bits per heavy atom. The van der Waals surface area contributed by atoms with E-state index < -0.39 is 0 Å². The molecule has 1 aromatic carbocycles. The lowest BCUT2D eigenvalue weighted by atomic mass is 9.44. The quantitative estimate of drug-likeness (QED) is 0.474. The van der Waals surface area contributed by atoms with Crippen LogP contribution in [0, 0.1) is 46.3 Å². The SMILES string of the molecule is C#CC[C@]12C[C@H]3[C@@H]4[C@@](C)(CCC[C@]45C(OCCO)C1C=CC[C@H]25)CN3C(=O)OCc1ccccc1. The van der Waals surface area contributed by atoms with E-state index in [1.807, 2.05) is 30.3 Å². The number of nitrogens with zero attached hydrogens (tertiary/aromatic N) is 1. The predicted octanol–water partition coefficient (Wildman–Crippen LogP) is 4.80. The van der Waals surface area contributed by atoms with E-state index in [2.05, 4.69) is 29.9 Å². The average molecular weight is 476 g/mol. The third-order valence-corrected chi connectivity index (χ3v) is 10.4. The number of likely N-dealkylation sites (tertiary alicyclic amines) is 1. The Morgan fingerprint density at radius 1 is 1.29 bits per heavy atom. The highest BCUT2D eigenvalue weighted by molar-refractivity contribution is 5.69. The molecule has 4 bridgehead atoms. The zero-order chi connectivity index (χ0) is 24.3. The summed E-state index contributed by atoms with van der Waals surface area (Å²) in [5.74, 6) is 4.10. The molecule has 3 saturated carbocycles.